The molecule has 0 aliphatic carbocycles. The summed E-state index contributed by atoms with van der Waals surface area (Å²) in [5.41, 5.74) is 1.91. The first kappa shape index (κ1) is 15.6. The van der Waals surface area contributed by atoms with Crippen molar-refractivity contribution >= 4 is 17.4 Å². The van der Waals surface area contributed by atoms with Gasteiger partial charge in [-0.3, -0.25) is 0 Å². The summed E-state index contributed by atoms with van der Waals surface area (Å²) in [5, 5.41) is 8.87. The highest BCUT2D eigenvalue weighted by Gasteiger charge is 2.20. The molecule has 0 bridgehead atoms. The van der Waals surface area contributed by atoms with Crippen LogP contribution in [0.5, 0.6) is 0 Å². The standard InChI is InChI=1S/C16H26N4O/c1-12(2)20-10-8-15(9-11-20)18-13-4-6-14(7-5-13)19-16(21)17-3/h4-7,12,15,18H,8-11H2,1-3H3,(H2,17,19,21). The normalized spacial score (nSPS) is 16.8. The lowest BCUT2D eigenvalue weighted by Crippen LogP contribution is -2.42. The molecule has 0 saturated carbocycles. The molecule has 116 valence electrons. The summed E-state index contributed by atoms with van der Waals surface area (Å²) in [5.74, 6) is 0. The largest absolute Gasteiger partial charge is 0.382 e. The Morgan fingerprint density at radius 1 is 1.14 bits per heavy atom. The third-order valence-electron chi connectivity index (χ3n) is 4.00. The van der Waals surface area contributed by atoms with Gasteiger partial charge in [-0.15, -0.1) is 0 Å². The van der Waals surface area contributed by atoms with Crippen LogP contribution in [0.3, 0.4) is 0 Å². The van der Waals surface area contributed by atoms with E-state index in [0.29, 0.717) is 12.1 Å². The van der Waals surface area contributed by atoms with Crippen molar-refractivity contribution in [3.05, 3.63) is 24.3 Å². The van der Waals surface area contributed by atoms with Gasteiger partial charge < -0.3 is 20.9 Å². The quantitative estimate of drug-likeness (QED) is 0.799. The predicted octanol–water partition coefficient (Wildman–Crippen LogP) is 2.72. The summed E-state index contributed by atoms with van der Waals surface area (Å²) in [4.78, 5) is 13.7. The summed E-state index contributed by atoms with van der Waals surface area (Å²) in [7, 11) is 1.61. The van der Waals surface area contributed by atoms with E-state index in [9.17, 15) is 4.79 Å². The van der Waals surface area contributed by atoms with Gasteiger partial charge in [0.25, 0.3) is 0 Å². The Bertz CT molecular complexity index is 450. The molecule has 2 rings (SSSR count). The van der Waals surface area contributed by atoms with E-state index in [-0.39, 0.29) is 6.03 Å². The number of carbonyl (C=O) groups excluding carboxylic acids is 1. The van der Waals surface area contributed by atoms with Gasteiger partial charge in [-0.05, 0) is 51.0 Å². The van der Waals surface area contributed by atoms with Crippen LogP contribution >= 0.6 is 0 Å². The van der Waals surface area contributed by atoms with Crippen molar-refractivity contribution in [2.24, 2.45) is 0 Å². The lowest BCUT2D eigenvalue weighted by molar-refractivity contribution is 0.177. The van der Waals surface area contributed by atoms with Crippen molar-refractivity contribution in [2.75, 3.05) is 30.8 Å². The molecule has 1 saturated heterocycles. The summed E-state index contributed by atoms with van der Waals surface area (Å²) < 4.78 is 0. The maximum absolute atomic E-state index is 11.2. The number of rotatable bonds is 4. The van der Waals surface area contributed by atoms with Crippen LogP contribution in [0.2, 0.25) is 0 Å². The van der Waals surface area contributed by atoms with Crippen LogP contribution in [0, 0.1) is 0 Å². The molecule has 1 fully saturated rings. The molecule has 1 aliphatic rings. The van der Waals surface area contributed by atoms with Crippen LogP contribution in [-0.2, 0) is 0 Å². The Morgan fingerprint density at radius 3 is 2.24 bits per heavy atom. The van der Waals surface area contributed by atoms with Crippen LogP contribution in [0.1, 0.15) is 26.7 Å². The van der Waals surface area contributed by atoms with Crippen molar-refractivity contribution in [3.8, 4) is 0 Å². The van der Waals surface area contributed by atoms with Gasteiger partial charge in [-0.25, -0.2) is 4.79 Å². The number of anilines is 2. The molecule has 0 unspecified atom stereocenters. The molecule has 3 N–H and O–H groups in total. The zero-order valence-electron chi connectivity index (χ0n) is 13.1. The summed E-state index contributed by atoms with van der Waals surface area (Å²) in [6.07, 6.45) is 2.35. The predicted molar refractivity (Wildman–Crippen MR) is 87.9 cm³/mol. The molecule has 0 spiro atoms. The number of nitrogens with zero attached hydrogens (tertiary/aromatic N) is 1. The van der Waals surface area contributed by atoms with Gasteiger partial charge in [0.05, 0.1) is 0 Å². The van der Waals surface area contributed by atoms with E-state index in [2.05, 4.69) is 34.7 Å². The smallest absolute Gasteiger partial charge is 0.318 e. The molecule has 5 nitrogen and oxygen atoms in total. The topological polar surface area (TPSA) is 56.4 Å². The SMILES string of the molecule is CNC(=O)Nc1ccc(NC2CCN(C(C)C)CC2)cc1. The summed E-state index contributed by atoms with van der Waals surface area (Å²) in [6, 6.07) is 8.84. The van der Waals surface area contributed by atoms with Gasteiger partial charge in [0.15, 0.2) is 0 Å². The highest BCUT2D eigenvalue weighted by molar-refractivity contribution is 5.89. The van der Waals surface area contributed by atoms with E-state index in [4.69, 9.17) is 0 Å². The van der Waals surface area contributed by atoms with Gasteiger partial charge in [0.2, 0.25) is 0 Å². The van der Waals surface area contributed by atoms with Crippen molar-refractivity contribution in [1.82, 2.24) is 10.2 Å². The molecule has 1 heterocycles. The minimum absolute atomic E-state index is 0.197. The lowest BCUT2D eigenvalue weighted by atomic mass is 10.0. The van der Waals surface area contributed by atoms with Crippen LogP contribution in [0.15, 0.2) is 24.3 Å². The third kappa shape index (κ3) is 4.63. The molecule has 0 aromatic heterocycles. The van der Waals surface area contributed by atoms with Crippen molar-refractivity contribution in [2.45, 2.75) is 38.8 Å². The summed E-state index contributed by atoms with van der Waals surface area (Å²) >= 11 is 0. The van der Waals surface area contributed by atoms with E-state index in [1.54, 1.807) is 7.05 Å². The molecule has 1 aliphatic heterocycles. The van der Waals surface area contributed by atoms with Gasteiger partial charge in [0.1, 0.15) is 0 Å². The second-order valence-electron chi connectivity index (χ2n) is 5.83. The number of likely N-dealkylation sites (tertiary alicyclic amines) is 1. The van der Waals surface area contributed by atoms with Crippen LogP contribution < -0.4 is 16.0 Å². The second-order valence-corrected chi connectivity index (χ2v) is 5.83. The van der Waals surface area contributed by atoms with Crippen molar-refractivity contribution < 1.29 is 4.79 Å². The first-order chi connectivity index (χ1) is 10.1. The average molecular weight is 290 g/mol. The fourth-order valence-corrected chi connectivity index (χ4v) is 2.64. The molecular weight excluding hydrogens is 264 g/mol. The Morgan fingerprint density at radius 2 is 1.71 bits per heavy atom. The zero-order valence-corrected chi connectivity index (χ0v) is 13.1. The second kappa shape index (κ2) is 7.31. The maximum Gasteiger partial charge on any atom is 0.318 e. The first-order valence-corrected chi connectivity index (χ1v) is 7.68. The molecule has 0 atom stereocenters. The lowest BCUT2D eigenvalue weighted by Gasteiger charge is -2.35. The Hall–Kier alpha value is -1.75. The Labute approximate surface area is 127 Å². The molecule has 0 radical (unpaired) electrons. The molecule has 1 aromatic rings. The van der Waals surface area contributed by atoms with E-state index < -0.39 is 0 Å². The summed E-state index contributed by atoms with van der Waals surface area (Å²) in [6.45, 7) is 6.83. The number of hydrogen-bond donors (Lipinski definition) is 3. The number of amides is 2. The van der Waals surface area contributed by atoms with E-state index in [1.165, 1.54) is 12.8 Å². The number of piperidine rings is 1. The van der Waals surface area contributed by atoms with Gasteiger partial charge in [-0.1, -0.05) is 0 Å². The fourth-order valence-electron chi connectivity index (χ4n) is 2.64. The fraction of sp³-hybridized carbons (Fsp3) is 0.562. The first-order valence-electron chi connectivity index (χ1n) is 7.68. The Kier molecular flexibility index (Phi) is 5.44. The minimum Gasteiger partial charge on any atom is -0.382 e. The molecule has 2 amide bonds. The molecular formula is C16H26N4O. The zero-order chi connectivity index (χ0) is 15.2. The number of carbonyl (C=O) groups is 1. The van der Waals surface area contributed by atoms with E-state index in [1.807, 2.05) is 24.3 Å². The molecule has 5 heteroatoms. The average Bonchev–Trinajstić information content (AvgIpc) is 2.49. The monoisotopic (exact) mass is 290 g/mol. The van der Waals surface area contributed by atoms with Gasteiger partial charge in [0, 0.05) is 43.6 Å². The number of urea groups is 1. The van der Waals surface area contributed by atoms with Crippen molar-refractivity contribution in [3.63, 3.8) is 0 Å². The Balaban J connectivity index is 1.82. The number of nitrogens with one attached hydrogen (secondary N) is 3. The van der Waals surface area contributed by atoms with Gasteiger partial charge >= 0.3 is 6.03 Å². The number of benzene rings is 1. The molecule has 21 heavy (non-hydrogen) atoms. The maximum atomic E-state index is 11.2. The van der Waals surface area contributed by atoms with E-state index in [0.717, 1.165) is 24.5 Å². The minimum atomic E-state index is -0.197. The highest BCUT2D eigenvalue weighted by Crippen LogP contribution is 2.19. The molecule has 1 aromatic carbocycles. The van der Waals surface area contributed by atoms with Gasteiger partial charge in [-0.2, -0.15) is 0 Å². The third-order valence-corrected chi connectivity index (χ3v) is 4.00. The van der Waals surface area contributed by atoms with Crippen LogP contribution in [0.25, 0.3) is 0 Å². The highest BCUT2D eigenvalue weighted by atomic mass is 16.2. The van der Waals surface area contributed by atoms with E-state index >= 15 is 0 Å². The van der Waals surface area contributed by atoms with Crippen LogP contribution in [0.4, 0.5) is 16.2 Å². The number of hydrogen-bond acceptors (Lipinski definition) is 3. The van der Waals surface area contributed by atoms with Crippen LogP contribution in [-0.4, -0.2) is 43.2 Å². The van der Waals surface area contributed by atoms with Crippen molar-refractivity contribution in [1.29, 1.82) is 0 Å².